The molecule has 1 saturated carbocycles. The molecule has 0 unspecified atom stereocenters. The summed E-state index contributed by atoms with van der Waals surface area (Å²) in [5.74, 6) is 0.214. The first-order valence-electron chi connectivity index (χ1n) is 9.22. The average Bonchev–Trinajstić information content (AvgIpc) is 2.69. The number of carbonyl (C=O) groups excluding carboxylic acids is 2. The molecule has 148 valence electrons. The average molecular weight is 403 g/mol. The molecule has 1 aliphatic rings. The van der Waals surface area contributed by atoms with E-state index in [0.717, 1.165) is 19.3 Å². The van der Waals surface area contributed by atoms with E-state index >= 15 is 0 Å². The first kappa shape index (κ1) is 20.0. The molecule has 28 heavy (non-hydrogen) atoms. The number of para-hydroxylation sites is 1. The maximum atomic E-state index is 12.6. The fourth-order valence-electron chi connectivity index (χ4n) is 3.32. The number of halogens is 1. The van der Waals surface area contributed by atoms with E-state index in [-0.39, 0.29) is 18.1 Å². The lowest BCUT2D eigenvalue weighted by atomic mass is 9.92. The van der Waals surface area contributed by atoms with Crippen molar-refractivity contribution >= 4 is 29.3 Å². The lowest BCUT2D eigenvalue weighted by molar-refractivity contribution is 0.0712. The Morgan fingerprint density at radius 2 is 1.89 bits per heavy atom. The van der Waals surface area contributed by atoms with E-state index in [2.05, 4.69) is 10.6 Å². The van der Waals surface area contributed by atoms with Crippen LogP contribution in [-0.4, -0.2) is 31.3 Å². The Balaban J connectivity index is 1.55. The van der Waals surface area contributed by atoms with Crippen LogP contribution in [0.2, 0.25) is 5.02 Å². The van der Waals surface area contributed by atoms with Crippen LogP contribution >= 0.6 is 11.6 Å². The van der Waals surface area contributed by atoms with E-state index in [4.69, 9.17) is 21.1 Å². The van der Waals surface area contributed by atoms with Crippen molar-refractivity contribution in [2.75, 3.05) is 12.4 Å². The summed E-state index contributed by atoms with van der Waals surface area (Å²) in [6.07, 6.45) is 2.30. The predicted molar refractivity (Wildman–Crippen MR) is 108 cm³/mol. The van der Waals surface area contributed by atoms with Gasteiger partial charge in [-0.15, -0.1) is 0 Å². The number of methoxy groups -OCH3 is 1. The number of amides is 2. The fraction of sp³-hybridized carbons (Fsp3) is 0.333. The summed E-state index contributed by atoms with van der Waals surface area (Å²) in [6, 6.07) is 14.0. The maximum Gasteiger partial charge on any atom is 0.411 e. The maximum absolute atomic E-state index is 12.6. The SMILES string of the molecule is COc1ccc(Cl)cc1C(=O)N[C@@H]1CCC[C@H](OC(=O)Nc2ccccc2)C1. The van der Waals surface area contributed by atoms with Gasteiger partial charge in [0, 0.05) is 23.2 Å². The number of rotatable bonds is 5. The Hall–Kier alpha value is -2.73. The molecule has 2 N–H and O–H groups in total. The van der Waals surface area contributed by atoms with Crippen molar-refractivity contribution in [2.24, 2.45) is 0 Å². The van der Waals surface area contributed by atoms with Crippen LogP contribution in [0.3, 0.4) is 0 Å². The van der Waals surface area contributed by atoms with Crippen molar-refractivity contribution in [3.63, 3.8) is 0 Å². The van der Waals surface area contributed by atoms with Crippen molar-refractivity contribution < 1.29 is 19.1 Å². The number of hydrogen-bond acceptors (Lipinski definition) is 4. The minimum Gasteiger partial charge on any atom is -0.496 e. The third kappa shape index (κ3) is 5.39. The van der Waals surface area contributed by atoms with Gasteiger partial charge in [0.25, 0.3) is 5.91 Å². The first-order valence-corrected chi connectivity index (χ1v) is 9.60. The molecule has 0 saturated heterocycles. The van der Waals surface area contributed by atoms with E-state index in [1.807, 2.05) is 18.2 Å². The Kier molecular flexibility index (Phi) is 6.76. The quantitative estimate of drug-likeness (QED) is 0.763. The van der Waals surface area contributed by atoms with E-state index in [1.54, 1.807) is 30.3 Å². The Labute approximate surface area is 169 Å². The molecule has 0 spiro atoms. The van der Waals surface area contributed by atoms with Gasteiger partial charge in [-0.3, -0.25) is 10.1 Å². The van der Waals surface area contributed by atoms with E-state index < -0.39 is 6.09 Å². The van der Waals surface area contributed by atoms with Crippen molar-refractivity contribution in [3.8, 4) is 5.75 Å². The molecule has 0 aromatic heterocycles. The van der Waals surface area contributed by atoms with Crippen LogP contribution in [0.4, 0.5) is 10.5 Å². The second-order valence-electron chi connectivity index (χ2n) is 6.70. The molecule has 6 nitrogen and oxygen atoms in total. The van der Waals surface area contributed by atoms with Crippen LogP contribution in [0.1, 0.15) is 36.0 Å². The normalized spacial score (nSPS) is 18.8. The van der Waals surface area contributed by atoms with Crippen molar-refractivity contribution in [2.45, 2.75) is 37.8 Å². The van der Waals surface area contributed by atoms with E-state index in [9.17, 15) is 9.59 Å². The molecule has 2 amide bonds. The molecule has 7 heteroatoms. The molecule has 2 aromatic carbocycles. The summed E-state index contributed by atoms with van der Waals surface area (Å²) in [7, 11) is 1.51. The molecule has 1 aliphatic carbocycles. The highest BCUT2D eigenvalue weighted by Gasteiger charge is 2.27. The first-order chi connectivity index (χ1) is 13.5. The summed E-state index contributed by atoms with van der Waals surface area (Å²) < 4.78 is 10.8. The van der Waals surface area contributed by atoms with Gasteiger partial charge in [0.1, 0.15) is 11.9 Å². The van der Waals surface area contributed by atoms with Gasteiger partial charge < -0.3 is 14.8 Å². The van der Waals surface area contributed by atoms with Crippen molar-refractivity contribution in [3.05, 3.63) is 59.1 Å². The molecule has 3 rings (SSSR count). The molecule has 0 aliphatic heterocycles. The van der Waals surface area contributed by atoms with E-state index in [1.165, 1.54) is 7.11 Å². The standard InChI is InChI=1S/C21H23ClN2O4/c1-27-19-11-10-14(22)12-18(19)20(25)23-16-8-5-9-17(13-16)28-21(26)24-15-6-3-2-4-7-15/h2-4,6-7,10-12,16-17H,5,8-9,13H2,1H3,(H,23,25)(H,24,26)/t16-,17+/m1/s1. The van der Waals surface area contributed by atoms with Gasteiger partial charge in [-0.05, 0) is 49.6 Å². The van der Waals surface area contributed by atoms with Crippen LogP contribution < -0.4 is 15.4 Å². The van der Waals surface area contributed by atoms with Crippen LogP contribution in [0, 0.1) is 0 Å². The van der Waals surface area contributed by atoms with Gasteiger partial charge in [-0.2, -0.15) is 0 Å². The third-order valence-electron chi connectivity index (χ3n) is 4.66. The predicted octanol–water partition coefficient (Wildman–Crippen LogP) is 4.64. The number of carbonyl (C=O) groups is 2. The molecular weight excluding hydrogens is 380 g/mol. The molecule has 0 heterocycles. The smallest absolute Gasteiger partial charge is 0.411 e. The second kappa shape index (κ2) is 9.46. The van der Waals surface area contributed by atoms with Crippen molar-refractivity contribution in [1.29, 1.82) is 0 Å². The van der Waals surface area contributed by atoms with Crippen molar-refractivity contribution in [1.82, 2.24) is 5.32 Å². The Bertz CT molecular complexity index is 828. The molecule has 2 atom stereocenters. The molecule has 2 aromatic rings. The highest BCUT2D eigenvalue weighted by molar-refractivity contribution is 6.31. The highest BCUT2D eigenvalue weighted by atomic mass is 35.5. The molecular formula is C21H23ClN2O4. The minimum absolute atomic E-state index is 0.0838. The summed E-state index contributed by atoms with van der Waals surface area (Å²) in [5.41, 5.74) is 1.07. The summed E-state index contributed by atoms with van der Waals surface area (Å²) in [5, 5.41) is 6.18. The van der Waals surface area contributed by atoms with Gasteiger partial charge >= 0.3 is 6.09 Å². The van der Waals surface area contributed by atoms with Gasteiger partial charge in [-0.25, -0.2) is 4.79 Å². The zero-order chi connectivity index (χ0) is 19.9. The topological polar surface area (TPSA) is 76.7 Å². The monoisotopic (exact) mass is 402 g/mol. The summed E-state index contributed by atoms with van der Waals surface area (Å²) >= 11 is 6.01. The van der Waals surface area contributed by atoms with Gasteiger partial charge in [0.05, 0.1) is 12.7 Å². The largest absolute Gasteiger partial charge is 0.496 e. The molecule has 1 fully saturated rings. The van der Waals surface area contributed by atoms with E-state index in [0.29, 0.717) is 28.4 Å². The molecule has 0 bridgehead atoms. The molecule has 0 radical (unpaired) electrons. The second-order valence-corrected chi connectivity index (χ2v) is 7.14. The zero-order valence-electron chi connectivity index (χ0n) is 15.6. The Morgan fingerprint density at radius 3 is 2.64 bits per heavy atom. The lowest BCUT2D eigenvalue weighted by Gasteiger charge is -2.29. The number of ether oxygens (including phenoxy) is 2. The number of nitrogens with one attached hydrogen (secondary N) is 2. The third-order valence-corrected chi connectivity index (χ3v) is 4.90. The van der Waals surface area contributed by atoms with Gasteiger partial charge in [0.15, 0.2) is 0 Å². The Morgan fingerprint density at radius 1 is 1.11 bits per heavy atom. The zero-order valence-corrected chi connectivity index (χ0v) is 16.4. The number of benzene rings is 2. The van der Waals surface area contributed by atoms with Gasteiger partial charge in [0.2, 0.25) is 0 Å². The van der Waals surface area contributed by atoms with Crippen LogP contribution in [0.5, 0.6) is 5.75 Å². The minimum atomic E-state index is -0.486. The van der Waals surface area contributed by atoms with Gasteiger partial charge in [-0.1, -0.05) is 29.8 Å². The fourth-order valence-corrected chi connectivity index (χ4v) is 3.50. The summed E-state index contributed by atoms with van der Waals surface area (Å²) in [4.78, 5) is 24.7. The highest BCUT2D eigenvalue weighted by Crippen LogP contribution is 2.25. The number of anilines is 1. The lowest BCUT2D eigenvalue weighted by Crippen LogP contribution is -2.41. The van der Waals surface area contributed by atoms with Crippen LogP contribution in [-0.2, 0) is 4.74 Å². The van der Waals surface area contributed by atoms with Crippen LogP contribution in [0.15, 0.2) is 48.5 Å². The van der Waals surface area contributed by atoms with Crippen LogP contribution in [0.25, 0.3) is 0 Å². The number of hydrogen-bond donors (Lipinski definition) is 2. The summed E-state index contributed by atoms with van der Waals surface area (Å²) in [6.45, 7) is 0.